The summed E-state index contributed by atoms with van der Waals surface area (Å²) in [5.41, 5.74) is 3.72. The SMILES string of the molecule is COc1cc2c(cc1NC(=O)[C@@H](C)Sc1nncs1)oc1ccccc12. The molecule has 2 aromatic heterocycles. The zero-order valence-corrected chi connectivity index (χ0v) is 15.7. The molecule has 1 N–H and O–H groups in total. The van der Waals surface area contributed by atoms with Crippen LogP contribution in [-0.4, -0.2) is 28.5 Å². The third kappa shape index (κ3) is 3.13. The number of thioether (sulfide) groups is 1. The number of furan rings is 1. The summed E-state index contributed by atoms with van der Waals surface area (Å²) in [7, 11) is 1.58. The zero-order chi connectivity index (χ0) is 18.1. The molecule has 2 heterocycles. The lowest BCUT2D eigenvalue weighted by atomic mass is 10.1. The minimum Gasteiger partial charge on any atom is -0.495 e. The third-order valence-electron chi connectivity index (χ3n) is 3.94. The molecule has 0 bridgehead atoms. The smallest absolute Gasteiger partial charge is 0.237 e. The van der Waals surface area contributed by atoms with Crippen LogP contribution in [0.3, 0.4) is 0 Å². The number of methoxy groups -OCH3 is 1. The van der Waals surface area contributed by atoms with Crippen molar-refractivity contribution in [3.8, 4) is 5.75 Å². The quantitative estimate of drug-likeness (QED) is 0.507. The van der Waals surface area contributed by atoms with Gasteiger partial charge in [0.15, 0.2) is 4.34 Å². The van der Waals surface area contributed by atoms with E-state index in [1.165, 1.54) is 23.1 Å². The maximum absolute atomic E-state index is 12.6. The second-order valence-electron chi connectivity index (χ2n) is 5.60. The Morgan fingerprint density at radius 3 is 2.88 bits per heavy atom. The number of hydrogen-bond acceptors (Lipinski definition) is 7. The number of carbonyl (C=O) groups excluding carboxylic acids is 1. The van der Waals surface area contributed by atoms with Gasteiger partial charge in [0.1, 0.15) is 22.4 Å². The summed E-state index contributed by atoms with van der Waals surface area (Å²) >= 11 is 2.78. The van der Waals surface area contributed by atoms with E-state index in [4.69, 9.17) is 9.15 Å². The fraction of sp³-hybridized carbons (Fsp3) is 0.167. The lowest BCUT2D eigenvalue weighted by Crippen LogP contribution is -2.22. The summed E-state index contributed by atoms with van der Waals surface area (Å²) in [6.45, 7) is 1.83. The first-order valence-corrected chi connectivity index (χ1v) is 9.64. The number of para-hydroxylation sites is 1. The highest BCUT2D eigenvalue weighted by Gasteiger charge is 2.19. The van der Waals surface area contributed by atoms with Crippen LogP contribution in [0.1, 0.15) is 6.92 Å². The highest BCUT2D eigenvalue weighted by atomic mass is 32.2. The molecule has 0 aliphatic rings. The Bertz CT molecular complexity index is 1080. The van der Waals surface area contributed by atoms with Crippen LogP contribution < -0.4 is 10.1 Å². The fourth-order valence-electron chi connectivity index (χ4n) is 2.67. The van der Waals surface area contributed by atoms with Crippen LogP contribution in [0, 0.1) is 0 Å². The van der Waals surface area contributed by atoms with Gasteiger partial charge in [-0.05, 0) is 19.1 Å². The molecule has 0 radical (unpaired) electrons. The molecule has 4 aromatic rings. The van der Waals surface area contributed by atoms with Crippen molar-refractivity contribution in [1.82, 2.24) is 10.2 Å². The summed E-state index contributed by atoms with van der Waals surface area (Å²) in [5, 5.41) is 12.3. The van der Waals surface area contributed by atoms with E-state index in [9.17, 15) is 4.79 Å². The number of nitrogens with zero attached hydrogens (tertiary/aromatic N) is 2. The molecule has 0 saturated carbocycles. The maximum atomic E-state index is 12.6. The zero-order valence-electron chi connectivity index (χ0n) is 14.1. The van der Waals surface area contributed by atoms with Gasteiger partial charge in [-0.2, -0.15) is 0 Å². The van der Waals surface area contributed by atoms with Gasteiger partial charge in [0, 0.05) is 16.8 Å². The summed E-state index contributed by atoms with van der Waals surface area (Å²) in [6, 6.07) is 11.5. The number of rotatable bonds is 5. The minimum atomic E-state index is -0.320. The Morgan fingerprint density at radius 1 is 1.27 bits per heavy atom. The molecule has 132 valence electrons. The minimum absolute atomic E-state index is 0.140. The van der Waals surface area contributed by atoms with Crippen molar-refractivity contribution in [3.63, 3.8) is 0 Å². The van der Waals surface area contributed by atoms with Gasteiger partial charge < -0.3 is 14.5 Å². The first-order chi connectivity index (χ1) is 12.7. The third-order valence-corrected chi connectivity index (χ3v) is 5.85. The van der Waals surface area contributed by atoms with Crippen molar-refractivity contribution in [1.29, 1.82) is 0 Å². The fourth-order valence-corrected chi connectivity index (χ4v) is 4.30. The van der Waals surface area contributed by atoms with Crippen molar-refractivity contribution in [2.45, 2.75) is 16.5 Å². The van der Waals surface area contributed by atoms with E-state index in [1.54, 1.807) is 18.7 Å². The van der Waals surface area contributed by atoms with Gasteiger partial charge in [0.2, 0.25) is 5.91 Å². The number of anilines is 1. The number of benzene rings is 2. The van der Waals surface area contributed by atoms with Crippen LogP contribution in [0.4, 0.5) is 5.69 Å². The molecular weight excluding hydrogens is 370 g/mol. The highest BCUT2D eigenvalue weighted by Crippen LogP contribution is 2.36. The van der Waals surface area contributed by atoms with Gasteiger partial charge >= 0.3 is 0 Å². The van der Waals surface area contributed by atoms with Gasteiger partial charge in [-0.15, -0.1) is 10.2 Å². The molecule has 1 atom stereocenters. The molecule has 0 unspecified atom stereocenters. The van der Waals surface area contributed by atoms with E-state index in [-0.39, 0.29) is 11.2 Å². The molecular formula is C18H15N3O3S2. The number of amides is 1. The molecule has 0 spiro atoms. The van der Waals surface area contributed by atoms with Gasteiger partial charge in [-0.3, -0.25) is 4.79 Å². The number of carbonyl (C=O) groups is 1. The van der Waals surface area contributed by atoms with Crippen molar-refractivity contribution in [2.75, 3.05) is 12.4 Å². The Balaban J connectivity index is 1.64. The standard InChI is InChI=1S/C18H15N3O3S2/c1-10(26-18-21-19-9-25-18)17(22)20-13-8-15-12(7-16(13)23-2)11-5-3-4-6-14(11)24-15/h3-10H,1-2H3,(H,20,22)/t10-/m1/s1. The van der Waals surface area contributed by atoms with Crippen LogP contribution in [0.5, 0.6) is 5.75 Å². The Morgan fingerprint density at radius 2 is 2.12 bits per heavy atom. The van der Waals surface area contributed by atoms with Crippen molar-refractivity contribution >= 4 is 56.6 Å². The predicted octanol–water partition coefficient (Wildman–Crippen LogP) is 4.57. The summed E-state index contributed by atoms with van der Waals surface area (Å²) in [6.07, 6.45) is 0. The normalized spacial score (nSPS) is 12.4. The van der Waals surface area contributed by atoms with Gasteiger partial charge in [-0.25, -0.2) is 0 Å². The van der Waals surface area contributed by atoms with Crippen LogP contribution in [0.2, 0.25) is 0 Å². The van der Waals surface area contributed by atoms with E-state index in [0.717, 1.165) is 20.7 Å². The average molecular weight is 385 g/mol. The molecule has 26 heavy (non-hydrogen) atoms. The number of hydrogen-bond donors (Lipinski definition) is 1. The Kier molecular flexibility index (Phi) is 4.52. The van der Waals surface area contributed by atoms with E-state index < -0.39 is 0 Å². The van der Waals surface area contributed by atoms with Crippen molar-refractivity contribution in [3.05, 3.63) is 41.9 Å². The maximum Gasteiger partial charge on any atom is 0.237 e. The van der Waals surface area contributed by atoms with Crippen LogP contribution >= 0.6 is 23.1 Å². The van der Waals surface area contributed by atoms with Crippen LogP contribution in [0.15, 0.2) is 50.7 Å². The van der Waals surface area contributed by atoms with E-state index in [2.05, 4.69) is 15.5 Å². The predicted molar refractivity (Wildman–Crippen MR) is 104 cm³/mol. The molecule has 2 aromatic carbocycles. The van der Waals surface area contributed by atoms with E-state index in [0.29, 0.717) is 17.0 Å². The highest BCUT2D eigenvalue weighted by molar-refractivity contribution is 8.02. The lowest BCUT2D eigenvalue weighted by molar-refractivity contribution is -0.115. The average Bonchev–Trinajstić information content (AvgIpc) is 3.27. The van der Waals surface area contributed by atoms with E-state index >= 15 is 0 Å². The lowest BCUT2D eigenvalue weighted by Gasteiger charge is -2.13. The number of nitrogens with one attached hydrogen (secondary N) is 1. The first-order valence-electron chi connectivity index (χ1n) is 7.88. The second kappa shape index (κ2) is 6.97. The Hall–Kier alpha value is -2.58. The van der Waals surface area contributed by atoms with Crippen LogP contribution in [-0.2, 0) is 4.79 Å². The monoisotopic (exact) mass is 385 g/mol. The molecule has 8 heteroatoms. The van der Waals surface area contributed by atoms with E-state index in [1.807, 2.05) is 37.3 Å². The molecule has 6 nitrogen and oxygen atoms in total. The number of ether oxygens (including phenoxy) is 1. The molecule has 0 aliphatic heterocycles. The summed E-state index contributed by atoms with van der Waals surface area (Å²) in [4.78, 5) is 12.6. The second-order valence-corrected chi connectivity index (χ2v) is 8.02. The molecule has 4 rings (SSSR count). The van der Waals surface area contributed by atoms with Crippen LogP contribution in [0.25, 0.3) is 21.9 Å². The molecule has 0 aliphatic carbocycles. The first kappa shape index (κ1) is 16.9. The molecule has 1 amide bonds. The molecule has 0 saturated heterocycles. The van der Waals surface area contributed by atoms with Gasteiger partial charge in [-0.1, -0.05) is 41.3 Å². The summed E-state index contributed by atoms with van der Waals surface area (Å²) in [5.74, 6) is 0.449. The largest absolute Gasteiger partial charge is 0.495 e. The summed E-state index contributed by atoms with van der Waals surface area (Å²) < 4.78 is 12.1. The van der Waals surface area contributed by atoms with Gasteiger partial charge in [0.05, 0.1) is 18.0 Å². The number of fused-ring (bicyclic) bond motifs is 3. The molecule has 0 fully saturated rings. The van der Waals surface area contributed by atoms with Crippen molar-refractivity contribution < 1.29 is 13.9 Å². The van der Waals surface area contributed by atoms with Crippen molar-refractivity contribution in [2.24, 2.45) is 0 Å². The number of aromatic nitrogens is 2. The topological polar surface area (TPSA) is 77.2 Å². The Labute approximate surface area is 157 Å². The van der Waals surface area contributed by atoms with Gasteiger partial charge in [0.25, 0.3) is 0 Å².